The summed E-state index contributed by atoms with van der Waals surface area (Å²) in [6.07, 6.45) is -1.33. The third kappa shape index (κ3) is 20.6. The third-order valence-corrected chi connectivity index (χ3v) is 7.05. The first kappa shape index (κ1) is 53.3. The zero-order valence-electron chi connectivity index (χ0n) is 20.1. The van der Waals surface area contributed by atoms with Crippen LogP contribution in [0.3, 0.4) is 0 Å². The van der Waals surface area contributed by atoms with Crippen LogP contribution in [0.15, 0.2) is 24.3 Å². The second kappa shape index (κ2) is 22.2. The van der Waals surface area contributed by atoms with Crippen LogP contribution in [0.2, 0.25) is 0 Å². The molecule has 1 aromatic rings. The van der Waals surface area contributed by atoms with Gasteiger partial charge in [-0.15, -0.1) is 0 Å². The zero-order valence-corrected chi connectivity index (χ0v) is 31.3. The molecule has 0 saturated carbocycles. The first-order valence-electron chi connectivity index (χ1n) is 8.20. The van der Waals surface area contributed by atoms with Gasteiger partial charge in [-0.25, -0.2) is 33.7 Å². The predicted octanol–water partition coefficient (Wildman–Crippen LogP) is -14.7. The number of rotatable bonds is 10. The molecular formula is C14H22Na4O16S4. The maximum Gasteiger partial charge on any atom is 1.00 e. The van der Waals surface area contributed by atoms with Crippen LogP contribution in [0.1, 0.15) is 48.7 Å². The van der Waals surface area contributed by atoms with Gasteiger partial charge in [0.05, 0.1) is 0 Å². The molecule has 0 aliphatic carbocycles. The number of aliphatic hydroxyl groups is 4. The van der Waals surface area contributed by atoms with Gasteiger partial charge in [0, 0.05) is 11.1 Å². The van der Waals surface area contributed by atoms with Crippen LogP contribution < -0.4 is 118 Å². The van der Waals surface area contributed by atoms with Crippen LogP contribution in [0.5, 0.6) is 0 Å². The summed E-state index contributed by atoms with van der Waals surface area (Å²) in [5.41, 5.74) is -10.7. The van der Waals surface area contributed by atoms with Gasteiger partial charge >= 0.3 is 118 Å². The van der Waals surface area contributed by atoms with E-state index in [9.17, 15) is 62.1 Å². The molecule has 0 bridgehead atoms. The Morgan fingerprint density at radius 3 is 0.974 bits per heavy atom. The molecule has 0 spiro atoms. The number of hydrogen-bond donors (Lipinski definition) is 4. The summed E-state index contributed by atoms with van der Waals surface area (Å²) in [5.74, 6) is 0. The van der Waals surface area contributed by atoms with Crippen molar-refractivity contribution in [3.05, 3.63) is 35.4 Å². The molecule has 16 nitrogen and oxygen atoms in total. The molecule has 4 unspecified atom stereocenters. The van der Waals surface area contributed by atoms with Gasteiger partial charge in [0.2, 0.25) is 0 Å². The van der Waals surface area contributed by atoms with Crippen LogP contribution in [0.4, 0.5) is 0 Å². The monoisotopic (exact) mass is 666 g/mol. The molecule has 0 aliphatic rings. The number of hydrogen-bond acceptors (Lipinski definition) is 16. The SMILES string of the molecule is C.O=S(=O)([O-])C(O)CCCC(O)S(=O)(=O)[O-].O=S(=O)([O-])C(O)c1ccccc1C(O)S(=O)(=O)[O-].[Na+].[Na+].[Na+].[Na+]. The summed E-state index contributed by atoms with van der Waals surface area (Å²) in [6.45, 7) is 0. The van der Waals surface area contributed by atoms with Gasteiger partial charge < -0.3 is 38.6 Å². The average Bonchev–Trinajstić information content (AvgIpc) is 2.64. The minimum Gasteiger partial charge on any atom is -0.746 e. The van der Waals surface area contributed by atoms with Gasteiger partial charge in [0.15, 0.2) is 10.9 Å². The van der Waals surface area contributed by atoms with E-state index >= 15 is 0 Å². The number of aliphatic hydroxyl groups excluding tert-OH is 4. The van der Waals surface area contributed by atoms with Crippen molar-refractivity contribution in [2.45, 2.75) is 48.4 Å². The molecule has 38 heavy (non-hydrogen) atoms. The fraction of sp³-hybridized carbons (Fsp3) is 0.571. The van der Waals surface area contributed by atoms with E-state index in [1.165, 1.54) is 12.1 Å². The summed E-state index contributed by atoms with van der Waals surface area (Å²) >= 11 is 0. The van der Waals surface area contributed by atoms with E-state index in [0.717, 1.165) is 12.1 Å². The van der Waals surface area contributed by atoms with E-state index in [2.05, 4.69) is 0 Å². The van der Waals surface area contributed by atoms with Gasteiger partial charge in [0.1, 0.15) is 51.3 Å². The minimum absolute atomic E-state index is 0. The van der Waals surface area contributed by atoms with Crippen molar-refractivity contribution in [2.24, 2.45) is 0 Å². The molecule has 0 amide bonds. The molecule has 0 heterocycles. The van der Waals surface area contributed by atoms with E-state index in [0.29, 0.717) is 0 Å². The van der Waals surface area contributed by atoms with Gasteiger partial charge in [-0.2, -0.15) is 0 Å². The van der Waals surface area contributed by atoms with Crippen LogP contribution >= 0.6 is 0 Å². The third-order valence-electron chi connectivity index (χ3n) is 3.64. The summed E-state index contributed by atoms with van der Waals surface area (Å²) in [6, 6.07) is 4.25. The molecule has 24 heteroatoms. The quantitative estimate of drug-likeness (QED) is 0.133. The fourth-order valence-corrected chi connectivity index (χ4v) is 3.99. The summed E-state index contributed by atoms with van der Waals surface area (Å²) < 4.78 is 125. The van der Waals surface area contributed by atoms with Crippen molar-refractivity contribution in [3.63, 3.8) is 0 Å². The van der Waals surface area contributed by atoms with Crippen molar-refractivity contribution in [1.82, 2.24) is 0 Å². The Labute approximate surface area is 310 Å². The van der Waals surface area contributed by atoms with Crippen LogP contribution in [-0.4, -0.2) is 83.2 Å². The normalized spacial score (nSPS) is 14.5. The number of benzene rings is 1. The zero-order chi connectivity index (χ0) is 26.4. The summed E-state index contributed by atoms with van der Waals surface area (Å²) in [5, 5.41) is 35.9. The van der Waals surface area contributed by atoms with E-state index in [1.54, 1.807) is 0 Å². The molecule has 4 N–H and O–H groups in total. The Morgan fingerprint density at radius 1 is 0.553 bits per heavy atom. The van der Waals surface area contributed by atoms with Crippen molar-refractivity contribution in [2.75, 3.05) is 0 Å². The van der Waals surface area contributed by atoms with E-state index in [4.69, 9.17) is 10.2 Å². The van der Waals surface area contributed by atoms with E-state index in [1.807, 2.05) is 0 Å². The first-order valence-corrected chi connectivity index (χ1v) is 14.1. The molecule has 202 valence electrons. The second-order valence-electron chi connectivity index (χ2n) is 6.15. The smallest absolute Gasteiger partial charge is 0.746 e. The van der Waals surface area contributed by atoms with Gasteiger partial charge in [-0.05, 0) is 19.3 Å². The molecule has 0 radical (unpaired) electrons. The Morgan fingerprint density at radius 2 is 0.789 bits per heavy atom. The molecular weight excluding hydrogens is 644 g/mol. The van der Waals surface area contributed by atoms with Gasteiger partial charge in [-0.1, -0.05) is 31.7 Å². The average molecular weight is 667 g/mol. The molecule has 0 aliphatic heterocycles. The van der Waals surface area contributed by atoms with Crippen molar-refractivity contribution < 1.29 is 191 Å². The van der Waals surface area contributed by atoms with Gasteiger partial charge in [0.25, 0.3) is 0 Å². The molecule has 1 aromatic carbocycles. The first-order chi connectivity index (χ1) is 14.6. The topological polar surface area (TPSA) is 310 Å². The minimum atomic E-state index is -5.16. The van der Waals surface area contributed by atoms with E-state index in [-0.39, 0.29) is 132 Å². The standard InChI is InChI=1S/C8H10O8S2.C5H12O8S2.CH4.4Na/c9-7(17(11,12)13)5-3-1-2-4-6(5)8(10)18(14,15)16;6-4(14(8,9)10)2-1-3-5(7)15(11,12)13;;;;;/h1-4,7-10H,(H,11,12,13)(H,14,15,16);4-7H,1-3H2,(H,8,9,10)(H,11,12,13);1H4;;;;/q;;;4*+1/p-4. The Kier molecular flexibility index (Phi) is 31.2. The Balaban J connectivity index is -0.000000121. The molecule has 0 aromatic heterocycles. The van der Waals surface area contributed by atoms with E-state index < -0.39 is 86.2 Å². The van der Waals surface area contributed by atoms with Crippen LogP contribution in [-0.2, 0) is 40.5 Å². The van der Waals surface area contributed by atoms with Crippen molar-refractivity contribution in [3.8, 4) is 0 Å². The second-order valence-corrected chi connectivity index (χ2v) is 12.1. The Bertz CT molecular complexity index is 1130. The predicted molar refractivity (Wildman–Crippen MR) is 108 cm³/mol. The van der Waals surface area contributed by atoms with Gasteiger partial charge in [-0.3, -0.25) is 0 Å². The van der Waals surface area contributed by atoms with Crippen molar-refractivity contribution >= 4 is 40.5 Å². The maximum atomic E-state index is 10.6. The largest absolute Gasteiger partial charge is 1.00 e. The fourth-order valence-electron chi connectivity index (χ4n) is 2.03. The molecule has 4 atom stereocenters. The van der Waals surface area contributed by atoms with Crippen molar-refractivity contribution in [1.29, 1.82) is 0 Å². The van der Waals surface area contributed by atoms with Crippen LogP contribution in [0, 0.1) is 0 Å². The maximum absolute atomic E-state index is 10.6. The molecule has 0 saturated heterocycles. The molecule has 1 rings (SSSR count). The van der Waals surface area contributed by atoms with Crippen LogP contribution in [0.25, 0.3) is 0 Å². The molecule has 0 fully saturated rings. The Hall–Kier alpha value is 2.70. The summed E-state index contributed by atoms with van der Waals surface area (Å²) in [4.78, 5) is 0. The summed E-state index contributed by atoms with van der Waals surface area (Å²) in [7, 11) is -20.0.